The first-order valence-electron chi connectivity index (χ1n) is 8.06. The van der Waals surface area contributed by atoms with E-state index in [0.717, 1.165) is 45.7 Å². The molecule has 22 heavy (non-hydrogen) atoms. The van der Waals surface area contributed by atoms with E-state index in [-0.39, 0.29) is 0 Å². The van der Waals surface area contributed by atoms with Crippen LogP contribution in [0.1, 0.15) is 11.1 Å². The maximum Gasteiger partial charge on any atom is 0.115 e. The SMILES string of the molecule is Oc1cccc(CCN2CCN(Cc3ccccc3)CC2)c1. The Bertz CT molecular complexity index is 577. The molecule has 1 saturated heterocycles. The molecular formula is C19H24N2O. The van der Waals surface area contributed by atoms with Crippen LogP contribution in [-0.2, 0) is 13.0 Å². The van der Waals surface area contributed by atoms with Gasteiger partial charge in [-0.25, -0.2) is 0 Å². The average molecular weight is 296 g/mol. The quantitative estimate of drug-likeness (QED) is 0.919. The first kappa shape index (κ1) is 15.1. The van der Waals surface area contributed by atoms with Crippen LogP contribution in [0.25, 0.3) is 0 Å². The van der Waals surface area contributed by atoms with E-state index in [2.05, 4.69) is 46.2 Å². The number of phenols is 1. The molecule has 1 N–H and O–H groups in total. The highest BCUT2D eigenvalue weighted by molar-refractivity contribution is 5.27. The van der Waals surface area contributed by atoms with Crippen LogP contribution in [0.2, 0.25) is 0 Å². The lowest BCUT2D eigenvalue weighted by atomic mass is 10.1. The number of benzene rings is 2. The third-order valence-electron chi connectivity index (χ3n) is 4.34. The summed E-state index contributed by atoms with van der Waals surface area (Å²) in [6, 6.07) is 18.3. The van der Waals surface area contributed by atoms with Crippen molar-refractivity contribution in [1.29, 1.82) is 0 Å². The van der Waals surface area contributed by atoms with Gasteiger partial charge in [-0.3, -0.25) is 4.90 Å². The fourth-order valence-electron chi connectivity index (χ4n) is 3.01. The zero-order valence-electron chi connectivity index (χ0n) is 13.0. The van der Waals surface area contributed by atoms with Crippen LogP contribution < -0.4 is 0 Å². The molecular weight excluding hydrogens is 272 g/mol. The predicted molar refractivity (Wildman–Crippen MR) is 90.0 cm³/mol. The van der Waals surface area contributed by atoms with E-state index in [0.29, 0.717) is 5.75 Å². The van der Waals surface area contributed by atoms with E-state index in [4.69, 9.17) is 0 Å². The van der Waals surface area contributed by atoms with Gasteiger partial charge in [0.25, 0.3) is 0 Å². The maximum absolute atomic E-state index is 9.50. The van der Waals surface area contributed by atoms with Crippen LogP contribution in [0.5, 0.6) is 5.75 Å². The molecule has 116 valence electrons. The molecule has 3 nitrogen and oxygen atoms in total. The molecule has 1 aliphatic rings. The van der Waals surface area contributed by atoms with Crippen molar-refractivity contribution in [2.24, 2.45) is 0 Å². The highest BCUT2D eigenvalue weighted by atomic mass is 16.3. The minimum Gasteiger partial charge on any atom is -0.508 e. The summed E-state index contributed by atoms with van der Waals surface area (Å²) >= 11 is 0. The fourth-order valence-corrected chi connectivity index (χ4v) is 3.01. The number of phenolic OH excluding ortho intramolecular Hbond substituents is 1. The molecule has 2 aromatic rings. The van der Waals surface area contributed by atoms with Gasteiger partial charge in [0.05, 0.1) is 0 Å². The number of hydrogen-bond donors (Lipinski definition) is 1. The van der Waals surface area contributed by atoms with Crippen LogP contribution >= 0.6 is 0 Å². The zero-order valence-corrected chi connectivity index (χ0v) is 13.0. The highest BCUT2D eigenvalue weighted by Gasteiger charge is 2.16. The van der Waals surface area contributed by atoms with Crippen LogP contribution in [-0.4, -0.2) is 47.6 Å². The summed E-state index contributed by atoms with van der Waals surface area (Å²) in [6.45, 7) is 6.66. The number of rotatable bonds is 5. The Morgan fingerprint density at radius 2 is 1.45 bits per heavy atom. The molecule has 0 bridgehead atoms. The molecule has 0 spiro atoms. The van der Waals surface area contributed by atoms with Gasteiger partial charge < -0.3 is 10.0 Å². The summed E-state index contributed by atoms with van der Waals surface area (Å²) in [5, 5.41) is 9.50. The summed E-state index contributed by atoms with van der Waals surface area (Å²) in [5.74, 6) is 0.366. The zero-order chi connectivity index (χ0) is 15.2. The number of aromatic hydroxyl groups is 1. The van der Waals surface area contributed by atoms with Crippen LogP contribution in [0.15, 0.2) is 54.6 Å². The Labute approximate surface area is 132 Å². The summed E-state index contributed by atoms with van der Waals surface area (Å²) in [7, 11) is 0. The largest absolute Gasteiger partial charge is 0.508 e. The first-order chi connectivity index (χ1) is 10.8. The van der Waals surface area contributed by atoms with Gasteiger partial charge in [-0.2, -0.15) is 0 Å². The fraction of sp³-hybridized carbons (Fsp3) is 0.368. The molecule has 1 aliphatic heterocycles. The standard InChI is InChI=1S/C19H24N2O/c22-19-8-4-7-17(15-19)9-10-20-11-13-21(14-12-20)16-18-5-2-1-3-6-18/h1-8,15,22H,9-14,16H2. The second-order valence-electron chi connectivity index (χ2n) is 6.02. The molecule has 0 amide bonds. The molecule has 3 rings (SSSR count). The average Bonchev–Trinajstić information content (AvgIpc) is 2.55. The minimum atomic E-state index is 0.366. The van der Waals surface area contributed by atoms with Gasteiger partial charge in [0.2, 0.25) is 0 Å². The summed E-state index contributed by atoms with van der Waals surface area (Å²) in [5.41, 5.74) is 2.61. The van der Waals surface area contributed by atoms with Crippen molar-refractivity contribution in [3.05, 3.63) is 65.7 Å². The van der Waals surface area contributed by atoms with Crippen LogP contribution in [0.4, 0.5) is 0 Å². The van der Waals surface area contributed by atoms with Crippen molar-refractivity contribution in [2.75, 3.05) is 32.7 Å². The molecule has 0 radical (unpaired) electrons. The molecule has 2 aromatic carbocycles. The van der Waals surface area contributed by atoms with Gasteiger partial charge >= 0.3 is 0 Å². The monoisotopic (exact) mass is 296 g/mol. The Balaban J connectivity index is 1.42. The van der Waals surface area contributed by atoms with E-state index in [9.17, 15) is 5.11 Å². The Morgan fingerprint density at radius 3 is 2.18 bits per heavy atom. The number of piperazine rings is 1. The van der Waals surface area contributed by atoms with Crippen molar-refractivity contribution in [3.63, 3.8) is 0 Å². The highest BCUT2D eigenvalue weighted by Crippen LogP contribution is 2.13. The summed E-state index contributed by atoms with van der Waals surface area (Å²) in [6.07, 6.45) is 1.01. The molecule has 0 aliphatic carbocycles. The smallest absolute Gasteiger partial charge is 0.115 e. The van der Waals surface area contributed by atoms with Crippen molar-refractivity contribution < 1.29 is 5.11 Å². The molecule has 0 aromatic heterocycles. The Morgan fingerprint density at radius 1 is 0.773 bits per heavy atom. The van der Waals surface area contributed by atoms with Gasteiger partial charge in [0, 0.05) is 39.3 Å². The number of hydrogen-bond acceptors (Lipinski definition) is 3. The molecule has 0 unspecified atom stereocenters. The Kier molecular flexibility index (Phi) is 5.09. The second-order valence-corrected chi connectivity index (χ2v) is 6.02. The normalized spacial score (nSPS) is 16.7. The summed E-state index contributed by atoms with van der Waals surface area (Å²) < 4.78 is 0. The molecule has 0 atom stereocenters. The maximum atomic E-state index is 9.50. The first-order valence-corrected chi connectivity index (χ1v) is 8.06. The van der Waals surface area contributed by atoms with E-state index in [1.165, 1.54) is 11.1 Å². The van der Waals surface area contributed by atoms with Crippen LogP contribution in [0, 0.1) is 0 Å². The van der Waals surface area contributed by atoms with E-state index in [1.54, 1.807) is 6.07 Å². The molecule has 1 fully saturated rings. The van der Waals surface area contributed by atoms with Gasteiger partial charge in [-0.1, -0.05) is 42.5 Å². The lowest BCUT2D eigenvalue weighted by Crippen LogP contribution is -2.46. The number of nitrogens with zero attached hydrogens (tertiary/aromatic N) is 2. The Hall–Kier alpha value is -1.84. The van der Waals surface area contributed by atoms with Crippen molar-refractivity contribution in [3.8, 4) is 5.75 Å². The lowest BCUT2D eigenvalue weighted by Gasteiger charge is -2.34. The van der Waals surface area contributed by atoms with Crippen LogP contribution in [0.3, 0.4) is 0 Å². The van der Waals surface area contributed by atoms with E-state index >= 15 is 0 Å². The van der Waals surface area contributed by atoms with Gasteiger partial charge in [-0.05, 0) is 29.7 Å². The second kappa shape index (κ2) is 7.43. The predicted octanol–water partition coefficient (Wildman–Crippen LogP) is 2.75. The third-order valence-corrected chi connectivity index (χ3v) is 4.34. The molecule has 3 heteroatoms. The van der Waals surface area contributed by atoms with Gasteiger partial charge in [0.1, 0.15) is 5.75 Å². The molecule has 0 saturated carbocycles. The lowest BCUT2D eigenvalue weighted by molar-refractivity contribution is 0.128. The van der Waals surface area contributed by atoms with Gasteiger partial charge in [0.15, 0.2) is 0 Å². The van der Waals surface area contributed by atoms with Gasteiger partial charge in [-0.15, -0.1) is 0 Å². The van der Waals surface area contributed by atoms with E-state index in [1.807, 2.05) is 12.1 Å². The molecule has 1 heterocycles. The topological polar surface area (TPSA) is 26.7 Å². The van der Waals surface area contributed by atoms with E-state index < -0.39 is 0 Å². The summed E-state index contributed by atoms with van der Waals surface area (Å²) in [4.78, 5) is 5.05. The van der Waals surface area contributed by atoms with Crippen molar-refractivity contribution in [2.45, 2.75) is 13.0 Å². The van der Waals surface area contributed by atoms with Crippen molar-refractivity contribution in [1.82, 2.24) is 9.80 Å². The minimum absolute atomic E-state index is 0.366. The van der Waals surface area contributed by atoms with Crippen molar-refractivity contribution >= 4 is 0 Å². The third kappa shape index (κ3) is 4.33.